The second kappa shape index (κ2) is 15.5. The van der Waals surface area contributed by atoms with Crippen molar-refractivity contribution in [2.75, 3.05) is 6.54 Å². The van der Waals surface area contributed by atoms with Crippen molar-refractivity contribution >= 4 is 17.9 Å². The molecule has 0 spiro atoms. The molecule has 2 atom stereocenters. The molecular formula is C33H49N3O5. The number of ether oxygens (including phenoxy) is 1. The van der Waals surface area contributed by atoms with E-state index >= 15 is 0 Å². The highest BCUT2D eigenvalue weighted by atomic mass is 16.6. The molecule has 0 aliphatic heterocycles. The second-order valence-corrected chi connectivity index (χ2v) is 12.0. The quantitative estimate of drug-likeness (QED) is 0.253. The zero-order valence-corrected chi connectivity index (χ0v) is 26.0. The number of phenols is 1. The summed E-state index contributed by atoms with van der Waals surface area (Å²) in [6, 6.07) is 10.4. The van der Waals surface area contributed by atoms with Crippen LogP contribution in [-0.4, -0.2) is 52.1 Å². The van der Waals surface area contributed by atoms with Crippen LogP contribution in [-0.2, 0) is 20.7 Å². The number of aryl methyl sites for hydroxylation is 2. The molecular weight excluding hydrogens is 518 g/mol. The summed E-state index contributed by atoms with van der Waals surface area (Å²) in [5, 5.41) is 15.6. The van der Waals surface area contributed by atoms with E-state index in [4.69, 9.17) is 4.74 Å². The number of benzene rings is 2. The fraction of sp³-hybridized carbons (Fsp3) is 0.545. The molecule has 8 nitrogen and oxygen atoms in total. The smallest absolute Gasteiger partial charge is 0.408 e. The van der Waals surface area contributed by atoms with Crippen molar-refractivity contribution in [3.05, 3.63) is 64.7 Å². The predicted molar refractivity (Wildman–Crippen MR) is 163 cm³/mol. The number of hydrogen-bond donors (Lipinski definition) is 3. The number of phenolic OH excluding ortho intramolecular Hbond substituents is 1. The van der Waals surface area contributed by atoms with Gasteiger partial charge in [-0.25, -0.2) is 4.79 Å². The van der Waals surface area contributed by atoms with Gasteiger partial charge in [-0.2, -0.15) is 0 Å². The van der Waals surface area contributed by atoms with E-state index in [-0.39, 0.29) is 30.0 Å². The molecule has 0 saturated carbocycles. The van der Waals surface area contributed by atoms with Crippen LogP contribution in [0.5, 0.6) is 5.75 Å². The van der Waals surface area contributed by atoms with Crippen LogP contribution in [0.25, 0.3) is 0 Å². The minimum absolute atomic E-state index is 0.106. The van der Waals surface area contributed by atoms with Gasteiger partial charge in [0.15, 0.2) is 0 Å². The highest BCUT2D eigenvalue weighted by Crippen LogP contribution is 2.30. The van der Waals surface area contributed by atoms with Gasteiger partial charge in [-0.1, -0.05) is 56.5 Å². The van der Waals surface area contributed by atoms with Crippen molar-refractivity contribution in [1.82, 2.24) is 15.5 Å². The maximum absolute atomic E-state index is 14.5. The molecule has 2 aromatic carbocycles. The van der Waals surface area contributed by atoms with Crippen LogP contribution >= 0.6 is 0 Å². The molecule has 2 aromatic rings. The van der Waals surface area contributed by atoms with Gasteiger partial charge in [0.2, 0.25) is 11.8 Å². The van der Waals surface area contributed by atoms with Gasteiger partial charge in [-0.05, 0) is 89.3 Å². The lowest BCUT2D eigenvalue weighted by Gasteiger charge is -2.36. The summed E-state index contributed by atoms with van der Waals surface area (Å²) in [4.78, 5) is 43.0. The minimum atomic E-state index is -1.00. The first-order valence-corrected chi connectivity index (χ1v) is 14.7. The third kappa shape index (κ3) is 10.7. The molecule has 2 rings (SSSR count). The lowest BCUT2D eigenvalue weighted by molar-refractivity contribution is -0.142. The Morgan fingerprint density at radius 1 is 0.927 bits per heavy atom. The van der Waals surface area contributed by atoms with Gasteiger partial charge >= 0.3 is 6.09 Å². The van der Waals surface area contributed by atoms with Gasteiger partial charge in [0.1, 0.15) is 23.4 Å². The Bertz CT molecular complexity index is 1130. The number of nitrogens with zero attached hydrogens (tertiary/aromatic N) is 1. The van der Waals surface area contributed by atoms with E-state index in [2.05, 4.69) is 17.6 Å². The van der Waals surface area contributed by atoms with Gasteiger partial charge in [0.25, 0.3) is 0 Å². The molecule has 0 aliphatic rings. The number of alkyl carbamates (subject to hydrolysis) is 1. The van der Waals surface area contributed by atoms with Gasteiger partial charge in [-0.3, -0.25) is 9.59 Å². The summed E-state index contributed by atoms with van der Waals surface area (Å²) in [6.45, 7) is 15.4. The van der Waals surface area contributed by atoms with Gasteiger partial charge < -0.3 is 25.4 Å². The zero-order valence-electron chi connectivity index (χ0n) is 26.0. The Balaban J connectivity index is 2.62. The molecule has 41 heavy (non-hydrogen) atoms. The first kappa shape index (κ1) is 33.7. The van der Waals surface area contributed by atoms with Gasteiger partial charge in [-0.15, -0.1) is 0 Å². The third-order valence-electron chi connectivity index (χ3n) is 6.71. The Morgan fingerprint density at radius 2 is 1.54 bits per heavy atom. The fourth-order valence-corrected chi connectivity index (χ4v) is 4.84. The normalized spacial score (nSPS) is 12.9. The van der Waals surface area contributed by atoms with Gasteiger partial charge in [0.05, 0.1) is 0 Å². The predicted octanol–water partition coefficient (Wildman–Crippen LogP) is 6.12. The number of unbranched alkanes of at least 4 members (excludes halogenated alkanes) is 3. The molecule has 0 aromatic heterocycles. The van der Waals surface area contributed by atoms with Crippen molar-refractivity contribution < 1.29 is 24.2 Å². The van der Waals surface area contributed by atoms with Crippen molar-refractivity contribution in [3.63, 3.8) is 0 Å². The Hall–Kier alpha value is -3.55. The standard InChI is InChI=1S/C33H49N3O5/c1-9-10-11-12-20-36(29(30(38)34-22(2)3)28-23(4)14-13-15-24(28)5)31(39)27(35-32(40)41-33(6,7)8)21-25-16-18-26(37)19-17-25/h13-19,22,27,29,37H,9-12,20-21H2,1-8H3,(H,34,38)(H,35,40). The number of hydrogen-bond acceptors (Lipinski definition) is 5. The molecule has 226 valence electrons. The highest BCUT2D eigenvalue weighted by Gasteiger charge is 2.37. The van der Waals surface area contributed by atoms with Crippen LogP contribution in [0.4, 0.5) is 4.79 Å². The molecule has 8 heteroatoms. The van der Waals surface area contributed by atoms with E-state index in [0.29, 0.717) is 13.0 Å². The number of nitrogens with one attached hydrogen (secondary N) is 2. The molecule has 3 N–H and O–H groups in total. The van der Waals surface area contributed by atoms with Crippen LogP contribution in [0.3, 0.4) is 0 Å². The summed E-state index contributed by atoms with van der Waals surface area (Å²) in [6.07, 6.45) is 3.13. The van der Waals surface area contributed by atoms with E-state index < -0.39 is 23.8 Å². The third-order valence-corrected chi connectivity index (χ3v) is 6.71. The lowest BCUT2D eigenvalue weighted by Crippen LogP contribution is -2.54. The first-order valence-electron chi connectivity index (χ1n) is 14.7. The number of aromatic hydroxyl groups is 1. The van der Waals surface area contributed by atoms with Gasteiger partial charge in [0, 0.05) is 19.0 Å². The maximum Gasteiger partial charge on any atom is 0.408 e. The number of carbonyl (C=O) groups is 3. The Labute approximate surface area is 245 Å². The zero-order chi connectivity index (χ0) is 30.7. The Kier molecular flexibility index (Phi) is 12.7. The molecule has 0 heterocycles. The van der Waals surface area contributed by atoms with Crippen LogP contribution in [0.1, 0.15) is 95.5 Å². The van der Waals surface area contributed by atoms with Crippen LogP contribution in [0.2, 0.25) is 0 Å². The molecule has 0 radical (unpaired) electrons. The van der Waals surface area contributed by atoms with E-state index in [1.54, 1.807) is 49.9 Å². The molecule has 3 amide bonds. The number of rotatable bonds is 13. The van der Waals surface area contributed by atoms with E-state index in [1.165, 1.54) is 0 Å². The van der Waals surface area contributed by atoms with Crippen LogP contribution in [0.15, 0.2) is 42.5 Å². The highest BCUT2D eigenvalue weighted by molar-refractivity contribution is 5.92. The summed E-state index contributed by atoms with van der Waals surface area (Å²) in [5.41, 5.74) is 2.60. The average molecular weight is 568 g/mol. The van der Waals surface area contributed by atoms with Crippen molar-refractivity contribution in [2.24, 2.45) is 0 Å². The number of carbonyl (C=O) groups excluding carboxylic acids is 3. The molecule has 0 bridgehead atoms. The molecule has 0 aliphatic carbocycles. The Morgan fingerprint density at radius 3 is 2.07 bits per heavy atom. The van der Waals surface area contributed by atoms with E-state index in [1.807, 2.05) is 45.9 Å². The SMILES string of the molecule is CCCCCCN(C(=O)C(Cc1ccc(O)cc1)NC(=O)OC(C)(C)C)C(C(=O)NC(C)C)c1c(C)cccc1C. The average Bonchev–Trinajstić information content (AvgIpc) is 2.86. The van der Waals surface area contributed by atoms with Crippen molar-refractivity contribution in [2.45, 2.75) is 111 Å². The summed E-state index contributed by atoms with van der Waals surface area (Å²) in [5.74, 6) is -0.524. The minimum Gasteiger partial charge on any atom is -0.508 e. The van der Waals surface area contributed by atoms with Crippen LogP contribution in [0, 0.1) is 13.8 Å². The van der Waals surface area contributed by atoms with Crippen molar-refractivity contribution in [1.29, 1.82) is 0 Å². The van der Waals surface area contributed by atoms with Crippen LogP contribution < -0.4 is 10.6 Å². The number of amides is 3. The summed E-state index contributed by atoms with van der Waals surface area (Å²) >= 11 is 0. The first-order chi connectivity index (χ1) is 19.2. The maximum atomic E-state index is 14.5. The molecule has 0 fully saturated rings. The summed E-state index contributed by atoms with van der Waals surface area (Å²) in [7, 11) is 0. The fourth-order valence-electron chi connectivity index (χ4n) is 4.84. The van der Waals surface area contributed by atoms with E-state index in [0.717, 1.165) is 41.5 Å². The molecule has 0 saturated heterocycles. The second-order valence-electron chi connectivity index (χ2n) is 12.0. The summed E-state index contributed by atoms with van der Waals surface area (Å²) < 4.78 is 5.51. The topological polar surface area (TPSA) is 108 Å². The lowest BCUT2D eigenvalue weighted by atomic mass is 9.92. The molecule has 2 unspecified atom stereocenters. The monoisotopic (exact) mass is 567 g/mol. The largest absolute Gasteiger partial charge is 0.508 e. The van der Waals surface area contributed by atoms with E-state index in [9.17, 15) is 19.5 Å². The van der Waals surface area contributed by atoms with Crippen molar-refractivity contribution in [3.8, 4) is 5.75 Å².